The Balaban J connectivity index is 5.24. The van der Waals surface area contributed by atoms with E-state index in [1.807, 2.05) is 0 Å². The first-order valence-corrected chi connectivity index (χ1v) is 45.8. The van der Waals surface area contributed by atoms with Crippen LogP contribution in [0.2, 0.25) is 0 Å². The minimum atomic E-state index is -4.97. The molecule has 0 fully saturated rings. The summed E-state index contributed by atoms with van der Waals surface area (Å²) >= 11 is 0. The fraction of sp³-hybridized carbons (Fsp3) is 0.905. The molecule has 17 nitrogen and oxygen atoms in total. The van der Waals surface area contributed by atoms with Gasteiger partial charge in [0, 0.05) is 25.7 Å². The van der Waals surface area contributed by atoms with E-state index in [2.05, 4.69) is 65.8 Å². The molecule has 0 aliphatic rings. The van der Waals surface area contributed by atoms with E-state index in [9.17, 15) is 43.2 Å². The van der Waals surface area contributed by atoms with Crippen molar-refractivity contribution in [2.24, 2.45) is 11.8 Å². The maximum atomic E-state index is 13.1. The molecule has 0 rings (SSSR count). The zero-order valence-corrected chi connectivity index (χ0v) is 68.9. The lowest BCUT2D eigenvalue weighted by Crippen LogP contribution is -2.30. The first-order chi connectivity index (χ1) is 49.9. The molecule has 0 aromatic carbocycles. The molecule has 0 aromatic heterocycles. The van der Waals surface area contributed by atoms with Crippen molar-refractivity contribution in [3.8, 4) is 0 Å². The topological polar surface area (TPSA) is 237 Å². The van der Waals surface area contributed by atoms with Gasteiger partial charge in [0.25, 0.3) is 0 Å². The number of hydrogen-bond donors (Lipinski definition) is 3. The first-order valence-electron chi connectivity index (χ1n) is 42.8. The number of carbonyl (C=O) groups excluding carboxylic acids is 4. The summed E-state index contributed by atoms with van der Waals surface area (Å²) in [5.41, 5.74) is 0. The highest BCUT2D eigenvalue weighted by atomic mass is 31.2. The lowest BCUT2D eigenvalue weighted by molar-refractivity contribution is -0.161. The molecular weight excluding hydrogens is 1340 g/mol. The van der Waals surface area contributed by atoms with Crippen molar-refractivity contribution in [2.45, 2.75) is 439 Å². The zero-order valence-electron chi connectivity index (χ0n) is 67.1. The van der Waals surface area contributed by atoms with Crippen LogP contribution in [0.4, 0.5) is 0 Å². The second-order valence-electron chi connectivity index (χ2n) is 30.5. The fourth-order valence-corrected chi connectivity index (χ4v) is 14.1. The molecule has 608 valence electrons. The van der Waals surface area contributed by atoms with Crippen LogP contribution in [0.15, 0.2) is 24.3 Å². The van der Waals surface area contributed by atoms with Gasteiger partial charge >= 0.3 is 39.5 Å². The molecule has 0 aliphatic heterocycles. The van der Waals surface area contributed by atoms with Gasteiger partial charge in [-0.2, -0.15) is 0 Å². The standard InChI is InChI=1S/C84H160O17P2/c1-7-9-11-13-15-17-19-21-23-24-25-26-27-28-32-37-41-45-49-57-63-68-83(88)100-79(72-94-81(86)66-60-54-47-43-39-35-33-29-31-34-38-42-46-52-58-64-76(3)4)74-98-102(90,91)96-70-78(85)71-97-103(92,93)99-75-80(73-95-82(87)67-61-55-51-50-53-59-65-77(5)6)101-84(89)69-62-56-48-44-40-36-30-22-20-18-16-14-12-10-8-2/h18,20,22,30,76-80,85H,7-17,19,21,23-29,31-75H2,1-6H3,(H,90,91)(H,92,93)/b20-18-,30-22-/t78-,79-,80-/m1/s1. The number of aliphatic hydroxyl groups is 1. The van der Waals surface area contributed by atoms with Crippen molar-refractivity contribution in [1.82, 2.24) is 0 Å². The van der Waals surface area contributed by atoms with Crippen LogP contribution in [0.25, 0.3) is 0 Å². The van der Waals surface area contributed by atoms with Crippen LogP contribution in [0.5, 0.6) is 0 Å². The van der Waals surface area contributed by atoms with Crippen LogP contribution in [0.3, 0.4) is 0 Å². The Morgan fingerprint density at radius 1 is 0.301 bits per heavy atom. The summed E-state index contributed by atoms with van der Waals surface area (Å²) in [5.74, 6) is -0.658. The predicted molar refractivity (Wildman–Crippen MR) is 423 cm³/mol. The number of aliphatic hydroxyl groups excluding tert-OH is 1. The Labute approximate surface area is 631 Å². The second kappa shape index (κ2) is 75.0. The van der Waals surface area contributed by atoms with Crippen LogP contribution in [0, 0.1) is 11.8 Å². The van der Waals surface area contributed by atoms with E-state index in [0.29, 0.717) is 31.6 Å². The minimum Gasteiger partial charge on any atom is -0.462 e. The van der Waals surface area contributed by atoms with Crippen LogP contribution in [-0.4, -0.2) is 96.7 Å². The predicted octanol–water partition coefficient (Wildman–Crippen LogP) is 25.0. The number of esters is 4. The Hall–Kier alpha value is -2.46. The van der Waals surface area contributed by atoms with Crippen molar-refractivity contribution in [3.05, 3.63) is 24.3 Å². The van der Waals surface area contributed by atoms with Crippen LogP contribution in [0.1, 0.15) is 420 Å². The average Bonchev–Trinajstić information content (AvgIpc) is 0.960. The van der Waals surface area contributed by atoms with Crippen molar-refractivity contribution in [2.75, 3.05) is 39.6 Å². The molecular formula is C84H160O17P2. The highest BCUT2D eigenvalue weighted by Crippen LogP contribution is 2.45. The van der Waals surface area contributed by atoms with Gasteiger partial charge in [-0.05, 0) is 63.2 Å². The van der Waals surface area contributed by atoms with Crippen molar-refractivity contribution < 1.29 is 80.2 Å². The summed E-state index contributed by atoms with van der Waals surface area (Å²) in [6.45, 7) is 9.52. The first kappa shape index (κ1) is 101. The van der Waals surface area contributed by atoms with Gasteiger partial charge in [-0.1, -0.05) is 368 Å². The highest BCUT2D eigenvalue weighted by Gasteiger charge is 2.30. The van der Waals surface area contributed by atoms with Crippen molar-refractivity contribution in [1.29, 1.82) is 0 Å². The van der Waals surface area contributed by atoms with Gasteiger partial charge in [0.05, 0.1) is 26.4 Å². The van der Waals surface area contributed by atoms with Gasteiger partial charge in [0.2, 0.25) is 0 Å². The quantitative estimate of drug-likeness (QED) is 0.0169. The summed E-state index contributed by atoms with van der Waals surface area (Å²) in [5, 5.41) is 10.6. The lowest BCUT2D eigenvalue weighted by atomic mass is 10.0. The summed E-state index contributed by atoms with van der Waals surface area (Å²) in [4.78, 5) is 73.0. The Morgan fingerprint density at radius 2 is 0.524 bits per heavy atom. The fourth-order valence-electron chi connectivity index (χ4n) is 12.5. The van der Waals surface area contributed by atoms with Gasteiger partial charge < -0.3 is 33.8 Å². The number of unbranched alkanes of at least 4 members (excludes halogenated alkanes) is 48. The number of carbonyl (C=O) groups is 4. The number of hydrogen-bond acceptors (Lipinski definition) is 15. The van der Waals surface area contributed by atoms with Gasteiger partial charge in [-0.3, -0.25) is 37.3 Å². The third-order valence-electron chi connectivity index (χ3n) is 19.1. The summed E-state index contributed by atoms with van der Waals surface area (Å²) in [6, 6.07) is 0. The summed E-state index contributed by atoms with van der Waals surface area (Å²) in [6.07, 6.45) is 69.1. The van der Waals surface area contributed by atoms with E-state index >= 15 is 0 Å². The minimum absolute atomic E-state index is 0.0842. The number of rotatable bonds is 81. The van der Waals surface area contributed by atoms with E-state index in [1.165, 1.54) is 218 Å². The van der Waals surface area contributed by atoms with Gasteiger partial charge in [-0.25, -0.2) is 9.13 Å². The molecule has 0 amide bonds. The van der Waals surface area contributed by atoms with Crippen molar-refractivity contribution in [3.63, 3.8) is 0 Å². The number of phosphoric acid groups is 2. The molecule has 0 saturated carbocycles. The lowest BCUT2D eigenvalue weighted by Gasteiger charge is -2.21. The summed E-state index contributed by atoms with van der Waals surface area (Å²) < 4.78 is 68.7. The van der Waals surface area contributed by atoms with E-state index in [0.717, 1.165) is 115 Å². The van der Waals surface area contributed by atoms with Gasteiger partial charge in [-0.15, -0.1) is 0 Å². The molecule has 103 heavy (non-hydrogen) atoms. The molecule has 0 spiro atoms. The van der Waals surface area contributed by atoms with Gasteiger partial charge in [0.15, 0.2) is 12.2 Å². The number of ether oxygens (including phenoxy) is 4. The SMILES string of the molecule is CCCCCC/C=C\C=C/CCCCCCCC(=O)O[C@H](COC(=O)CCCCCCCCC(C)C)COP(=O)(O)OC[C@H](O)COP(=O)(O)OC[C@@H](COC(=O)CCCCCCCCCCCCCCCCCC(C)C)OC(=O)CCCCCCCCCCCCCCCCCCCCCCC. The molecule has 0 saturated heterocycles. The third-order valence-corrected chi connectivity index (χ3v) is 21.0. The smallest absolute Gasteiger partial charge is 0.462 e. The molecule has 3 N–H and O–H groups in total. The maximum absolute atomic E-state index is 13.1. The molecule has 0 radical (unpaired) electrons. The number of phosphoric ester groups is 2. The van der Waals surface area contributed by atoms with E-state index in [4.69, 9.17) is 37.0 Å². The third kappa shape index (κ3) is 77.5. The molecule has 0 aromatic rings. The largest absolute Gasteiger partial charge is 0.472 e. The molecule has 5 atom stereocenters. The van der Waals surface area contributed by atoms with E-state index < -0.39 is 97.5 Å². The normalized spacial score (nSPS) is 14.0. The molecule has 0 aliphatic carbocycles. The second-order valence-corrected chi connectivity index (χ2v) is 33.4. The average molecular weight is 1500 g/mol. The number of allylic oxidation sites excluding steroid dienone is 4. The molecule has 2 unspecified atom stereocenters. The Morgan fingerprint density at radius 3 is 0.796 bits per heavy atom. The Kier molecular flexibility index (Phi) is 73.2. The van der Waals surface area contributed by atoms with Crippen LogP contribution >= 0.6 is 15.6 Å². The molecule has 0 bridgehead atoms. The molecule has 0 heterocycles. The zero-order chi connectivity index (χ0) is 75.6. The van der Waals surface area contributed by atoms with Gasteiger partial charge in [0.1, 0.15) is 19.3 Å². The highest BCUT2D eigenvalue weighted by molar-refractivity contribution is 7.47. The van der Waals surface area contributed by atoms with Crippen LogP contribution < -0.4 is 0 Å². The van der Waals surface area contributed by atoms with Crippen molar-refractivity contribution >= 4 is 39.5 Å². The van der Waals surface area contributed by atoms with E-state index in [1.54, 1.807) is 0 Å². The molecule has 19 heteroatoms. The maximum Gasteiger partial charge on any atom is 0.472 e. The Bertz CT molecular complexity index is 2070. The monoisotopic (exact) mass is 1500 g/mol. The van der Waals surface area contributed by atoms with E-state index in [-0.39, 0.29) is 25.7 Å². The summed E-state index contributed by atoms with van der Waals surface area (Å²) in [7, 11) is -9.94. The van der Waals surface area contributed by atoms with Crippen LogP contribution in [-0.2, 0) is 65.4 Å².